The van der Waals surface area contributed by atoms with Gasteiger partial charge in [-0.1, -0.05) is 58.3 Å². The number of hydrogen-bond acceptors (Lipinski definition) is 1. The van der Waals surface area contributed by atoms with Crippen LogP contribution in [-0.4, -0.2) is 11.8 Å². The van der Waals surface area contributed by atoms with Crippen LogP contribution in [0.2, 0.25) is 0 Å². The van der Waals surface area contributed by atoms with Gasteiger partial charge in [-0.05, 0) is 32.6 Å². The van der Waals surface area contributed by atoms with Crippen molar-refractivity contribution in [2.75, 3.05) is 0 Å². The van der Waals surface area contributed by atoms with Gasteiger partial charge in [0.2, 0.25) is 0 Å². The van der Waals surface area contributed by atoms with E-state index in [0.717, 1.165) is 0 Å². The van der Waals surface area contributed by atoms with E-state index in [1.54, 1.807) is 0 Å². The number of aliphatic imine (C=N–C) groups is 1. The van der Waals surface area contributed by atoms with Gasteiger partial charge in [0.05, 0.1) is 0 Å². The summed E-state index contributed by atoms with van der Waals surface area (Å²) in [6.45, 7) is 4.51. The third-order valence-electron chi connectivity index (χ3n) is 3.87. The first-order valence-corrected chi connectivity index (χ1v) is 7.86. The first-order chi connectivity index (χ1) is 8.33. The summed E-state index contributed by atoms with van der Waals surface area (Å²) in [5.41, 5.74) is 1.41. The highest BCUT2D eigenvalue weighted by Gasteiger charge is 2.09. The second-order valence-corrected chi connectivity index (χ2v) is 5.67. The summed E-state index contributed by atoms with van der Waals surface area (Å²) >= 11 is 0. The molecule has 0 atom stereocenters. The van der Waals surface area contributed by atoms with Crippen molar-refractivity contribution >= 4 is 5.71 Å². The summed E-state index contributed by atoms with van der Waals surface area (Å²) in [5, 5.41) is 0. The van der Waals surface area contributed by atoms with E-state index in [0.29, 0.717) is 6.04 Å². The van der Waals surface area contributed by atoms with Gasteiger partial charge in [-0.3, -0.25) is 4.99 Å². The molecule has 1 aliphatic carbocycles. The van der Waals surface area contributed by atoms with Crippen LogP contribution in [0, 0.1) is 0 Å². The maximum Gasteiger partial charge on any atom is 0.0498 e. The number of rotatable bonds is 6. The van der Waals surface area contributed by atoms with Crippen LogP contribution in [0.1, 0.15) is 90.9 Å². The van der Waals surface area contributed by atoms with E-state index >= 15 is 0 Å². The molecule has 1 heteroatoms. The van der Waals surface area contributed by atoms with Gasteiger partial charge in [-0.25, -0.2) is 0 Å². The van der Waals surface area contributed by atoms with Crippen LogP contribution in [-0.2, 0) is 0 Å². The molecule has 0 radical (unpaired) electrons. The molecule has 0 saturated heterocycles. The fourth-order valence-electron chi connectivity index (χ4n) is 2.75. The molecular formula is C16H31N. The number of unbranched alkanes of at least 4 members (excludes halogenated alkanes) is 3. The fraction of sp³-hybridized carbons (Fsp3) is 0.938. The highest BCUT2D eigenvalue weighted by Crippen LogP contribution is 2.20. The Morgan fingerprint density at radius 1 is 0.941 bits per heavy atom. The molecule has 0 N–H and O–H groups in total. The van der Waals surface area contributed by atoms with E-state index in [1.165, 1.54) is 82.8 Å². The second kappa shape index (κ2) is 9.67. The van der Waals surface area contributed by atoms with E-state index in [9.17, 15) is 0 Å². The Balaban J connectivity index is 2.22. The first-order valence-electron chi connectivity index (χ1n) is 7.86. The molecule has 0 amide bonds. The standard InChI is InChI=1S/C16H31N/c1-3-4-5-9-12-15(2)17-16-13-10-7-6-8-11-14-16/h16H,3-14H2,1-2H3. The Kier molecular flexibility index (Phi) is 8.38. The number of hydrogen-bond donors (Lipinski definition) is 0. The van der Waals surface area contributed by atoms with Crippen LogP contribution < -0.4 is 0 Å². The molecule has 0 bridgehead atoms. The molecule has 0 unspecified atom stereocenters. The molecule has 17 heavy (non-hydrogen) atoms. The maximum atomic E-state index is 4.95. The Hall–Kier alpha value is -0.330. The van der Waals surface area contributed by atoms with Crippen molar-refractivity contribution in [1.82, 2.24) is 0 Å². The molecule has 0 aromatic rings. The van der Waals surface area contributed by atoms with Crippen molar-refractivity contribution in [3.8, 4) is 0 Å². The van der Waals surface area contributed by atoms with E-state index in [1.807, 2.05) is 0 Å². The van der Waals surface area contributed by atoms with Gasteiger partial charge >= 0.3 is 0 Å². The monoisotopic (exact) mass is 237 g/mol. The Labute approximate surface area is 108 Å². The molecule has 1 nitrogen and oxygen atoms in total. The summed E-state index contributed by atoms with van der Waals surface area (Å²) in [7, 11) is 0. The lowest BCUT2D eigenvalue weighted by Gasteiger charge is -2.16. The molecule has 0 aliphatic heterocycles. The zero-order chi connectivity index (χ0) is 12.3. The average Bonchev–Trinajstić information content (AvgIpc) is 2.28. The van der Waals surface area contributed by atoms with Gasteiger partial charge in [0, 0.05) is 11.8 Å². The molecule has 0 aromatic heterocycles. The normalized spacial score (nSPS) is 20.0. The molecular weight excluding hydrogens is 206 g/mol. The van der Waals surface area contributed by atoms with Crippen molar-refractivity contribution in [3.05, 3.63) is 0 Å². The Morgan fingerprint density at radius 3 is 2.24 bits per heavy atom. The minimum absolute atomic E-state index is 0.654. The van der Waals surface area contributed by atoms with Crippen LogP contribution in [0.4, 0.5) is 0 Å². The summed E-state index contributed by atoms with van der Waals surface area (Å²) in [6.07, 6.45) is 16.5. The second-order valence-electron chi connectivity index (χ2n) is 5.67. The van der Waals surface area contributed by atoms with Crippen molar-refractivity contribution in [2.45, 2.75) is 96.9 Å². The van der Waals surface area contributed by atoms with Gasteiger partial charge < -0.3 is 0 Å². The summed E-state index contributed by atoms with van der Waals surface area (Å²) in [5.74, 6) is 0. The summed E-state index contributed by atoms with van der Waals surface area (Å²) < 4.78 is 0. The first kappa shape index (κ1) is 14.7. The van der Waals surface area contributed by atoms with E-state index < -0.39 is 0 Å². The lowest BCUT2D eigenvalue weighted by atomic mass is 9.97. The van der Waals surface area contributed by atoms with Crippen molar-refractivity contribution < 1.29 is 0 Å². The molecule has 1 aliphatic rings. The fourth-order valence-corrected chi connectivity index (χ4v) is 2.75. The Bertz CT molecular complexity index is 200. The van der Waals surface area contributed by atoms with E-state index in [-0.39, 0.29) is 0 Å². The summed E-state index contributed by atoms with van der Waals surface area (Å²) in [4.78, 5) is 4.95. The van der Waals surface area contributed by atoms with Crippen LogP contribution in [0.15, 0.2) is 4.99 Å². The quantitative estimate of drug-likeness (QED) is 0.425. The highest BCUT2D eigenvalue weighted by atomic mass is 14.8. The Morgan fingerprint density at radius 2 is 1.59 bits per heavy atom. The number of nitrogens with zero attached hydrogens (tertiary/aromatic N) is 1. The van der Waals surface area contributed by atoms with Crippen LogP contribution in [0.3, 0.4) is 0 Å². The molecule has 1 fully saturated rings. The molecule has 1 rings (SSSR count). The maximum absolute atomic E-state index is 4.95. The van der Waals surface area contributed by atoms with Gasteiger partial charge in [-0.15, -0.1) is 0 Å². The highest BCUT2D eigenvalue weighted by molar-refractivity contribution is 5.82. The smallest absolute Gasteiger partial charge is 0.0498 e. The predicted molar refractivity (Wildman–Crippen MR) is 78.0 cm³/mol. The van der Waals surface area contributed by atoms with Gasteiger partial charge in [-0.2, -0.15) is 0 Å². The minimum Gasteiger partial charge on any atom is -0.291 e. The lowest BCUT2D eigenvalue weighted by Crippen LogP contribution is -2.09. The lowest BCUT2D eigenvalue weighted by molar-refractivity contribution is 0.454. The van der Waals surface area contributed by atoms with Crippen LogP contribution >= 0.6 is 0 Å². The average molecular weight is 237 g/mol. The zero-order valence-electron chi connectivity index (χ0n) is 12.0. The third kappa shape index (κ3) is 7.57. The van der Waals surface area contributed by atoms with Crippen LogP contribution in [0.5, 0.6) is 0 Å². The molecule has 0 heterocycles. The van der Waals surface area contributed by atoms with Gasteiger partial charge in [0.1, 0.15) is 0 Å². The van der Waals surface area contributed by atoms with Gasteiger partial charge in [0.15, 0.2) is 0 Å². The molecule has 0 spiro atoms. The molecule has 0 aromatic carbocycles. The largest absolute Gasteiger partial charge is 0.291 e. The molecule has 1 saturated carbocycles. The SMILES string of the molecule is CCCCCCC(C)=NC1CCCCCCC1. The van der Waals surface area contributed by atoms with E-state index in [4.69, 9.17) is 4.99 Å². The zero-order valence-corrected chi connectivity index (χ0v) is 12.0. The minimum atomic E-state index is 0.654. The summed E-state index contributed by atoms with van der Waals surface area (Å²) in [6, 6.07) is 0.654. The van der Waals surface area contributed by atoms with Crippen molar-refractivity contribution in [2.24, 2.45) is 4.99 Å². The van der Waals surface area contributed by atoms with Crippen molar-refractivity contribution in [3.63, 3.8) is 0 Å². The topological polar surface area (TPSA) is 12.4 Å². The van der Waals surface area contributed by atoms with Crippen LogP contribution in [0.25, 0.3) is 0 Å². The van der Waals surface area contributed by atoms with E-state index in [2.05, 4.69) is 13.8 Å². The van der Waals surface area contributed by atoms with Gasteiger partial charge in [0.25, 0.3) is 0 Å². The molecule has 100 valence electrons. The predicted octanol–water partition coefficient (Wildman–Crippen LogP) is 5.53. The third-order valence-corrected chi connectivity index (χ3v) is 3.87. The van der Waals surface area contributed by atoms with Crippen molar-refractivity contribution in [1.29, 1.82) is 0 Å².